The SMILES string of the molecule is O=C(CNC(=O)c1ccc2nc[nH]c2c1)Nc1ccc2c(c1)OCCO2. The van der Waals surface area contributed by atoms with Crippen molar-refractivity contribution >= 4 is 28.5 Å². The summed E-state index contributed by atoms with van der Waals surface area (Å²) in [5.41, 5.74) is 2.57. The van der Waals surface area contributed by atoms with Gasteiger partial charge in [0.1, 0.15) is 13.2 Å². The molecule has 0 aliphatic carbocycles. The van der Waals surface area contributed by atoms with Crippen LogP contribution < -0.4 is 20.1 Å². The minimum atomic E-state index is -0.336. The van der Waals surface area contributed by atoms with E-state index in [0.29, 0.717) is 36.0 Å². The van der Waals surface area contributed by atoms with Crippen LogP contribution in [0.15, 0.2) is 42.7 Å². The largest absolute Gasteiger partial charge is 0.486 e. The molecule has 26 heavy (non-hydrogen) atoms. The van der Waals surface area contributed by atoms with Gasteiger partial charge in [0.2, 0.25) is 5.91 Å². The minimum Gasteiger partial charge on any atom is -0.486 e. The highest BCUT2D eigenvalue weighted by Gasteiger charge is 2.13. The van der Waals surface area contributed by atoms with E-state index in [-0.39, 0.29) is 18.4 Å². The highest BCUT2D eigenvalue weighted by molar-refractivity contribution is 6.01. The van der Waals surface area contributed by atoms with Gasteiger partial charge in [0.25, 0.3) is 5.91 Å². The molecule has 0 saturated heterocycles. The highest BCUT2D eigenvalue weighted by Crippen LogP contribution is 2.32. The lowest BCUT2D eigenvalue weighted by Gasteiger charge is -2.19. The molecule has 0 spiro atoms. The Bertz CT molecular complexity index is 982. The highest BCUT2D eigenvalue weighted by atomic mass is 16.6. The van der Waals surface area contributed by atoms with E-state index in [2.05, 4.69) is 20.6 Å². The van der Waals surface area contributed by atoms with Gasteiger partial charge in [0.15, 0.2) is 11.5 Å². The number of H-pyrrole nitrogens is 1. The van der Waals surface area contributed by atoms with Gasteiger partial charge in [-0.05, 0) is 30.3 Å². The number of nitrogens with zero attached hydrogens (tertiary/aromatic N) is 1. The first-order valence-corrected chi connectivity index (χ1v) is 8.10. The molecule has 0 radical (unpaired) electrons. The number of nitrogens with one attached hydrogen (secondary N) is 3. The second kappa shape index (κ2) is 6.75. The van der Waals surface area contributed by atoms with Crippen LogP contribution in [0.25, 0.3) is 11.0 Å². The van der Waals surface area contributed by atoms with E-state index in [1.54, 1.807) is 42.7 Å². The van der Waals surface area contributed by atoms with E-state index in [0.717, 1.165) is 11.0 Å². The first-order chi connectivity index (χ1) is 12.7. The Morgan fingerprint density at radius 3 is 2.81 bits per heavy atom. The van der Waals surface area contributed by atoms with E-state index >= 15 is 0 Å². The maximum Gasteiger partial charge on any atom is 0.251 e. The number of aromatic amines is 1. The molecule has 2 amide bonds. The van der Waals surface area contributed by atoms with Crippen LogP contribution in [-0.4, -0.2) is 41.5 Å². The van der Waals surface area contributed by atoms with Crippen molar-refractivity contribution in [3.05, 3.63) is 48.3 Å². The number of rotatable bonds is 4. The number of ether oxygens (including phenoxy) is 2. The molecular weight excluding hydrogens is 336 g/mol. The van der Waals surface area contributed by atoms with Gasteiger partial charge in [-0.15, -0.1) is 0 Å². The number of amides is 2. The fourth-order valence-electron chi connectivity index (χ4n) is 2.67. The molecule has 4 rings (SSSR count). The molecule has 8 heteroatoms. The Hall–Kier alpha value is -3.55. The molecule has 1 aromatic heterocycles. The fourth-order valence-corrected chi connectivity index (χ4v) is 2.67. The number of aromatic nitrogens is 2. The predicted molar refractivity (Wildman–Crippen MR) is 94.5 cm³/mol. The average molecular weight is 352 g/mol. The van der Waals surface area contributed by atoms with Gasteiger partial charge in [-0.1, -0.05) is 0 Å². The third kappa shape index (κ3) is 3.30. The van der Waals surface area contributed by atoms with Crippen molar-refractivity contribution in [2.24, 2.45) is 0 Å². The van der Waals surface area contributed by atoms with Gasteiger partial charge < -0.3 is 25.1 Å². The zero-order valence-electron chi connectivity index (χ0n) is 13.7. The van der Waals surface area contributed by atoms with Crippen LogP contribution in [0.1, 0.15) is 10.4 Å². The van der Waals surface area contributed by atoms with Crippen molar-refractivity contribution in [1.29, 1.82) is 0 Å². The molecule has 3 N–H and O–H groups in total. The number of anilines is 1. The number of carbonyl (C=O) groups is 2. The molecule has 0 saturated carbocycles. The van der Waals surface area contributed by atoms with Gasteiger partial charge in [-0.25, -0.2) is 4.98 Å². The Morgan fingerprint density at radius 2 is 1.92 bits per heavy atom. The number of fused-ring (bicyclic) bond motifs is 2. The molecule has 1 aliphatic heterocycles. The van der Waals surface area contributed by atoms with Crippen molar-refractivity contribution in [3.8, 4) is 11.5 Å². The smallest absolute Gasteiger partial charge is 0.251 e. The Kier molecular flexibility index (Phi) is 4.14. The summed E-state index contributed by atoms with van der Waals surface area (Å²) in [7, 11) is 0. The monoisotopic (exact) mass is 352 g/mol. The number of hydrogen-bond donors (Lipinski definition) is 3. The maximum absolute atomic E-state index is 12.2. The van der Waals surface area contributed by atoms with E-state index in [4.69, 9.17) is 9.47 Å². The number of carbonyl (C=O) groups excluding carboxylic acids is 2. The van der Waals surface area contributed by atoms with Crippen LogP contribution in [-0.2, 0) is 4.79 Å². The minimum absolute atomic E-state index is 0.145. The lowest BCUT2D eigenvalue weighted by molar-refractivity contribution is -0.115. The Labute approximate surface area is 148 Å². The first-order valence-electron chi connectivity index (χ1n) is 8.10. The van der Waals surface area contributed by atoms with Crippen molar-refractivity contribution in [2.75, 3.05) is 25.1 Å². The van der Waals surface area contributed by atoms with Crippen LogP contribution in [0.3, 0.4) is 0 Å². The van der Waals surface area contributed by atoms with Crippen LogP contribution in [0, 0.1) is 0 Å². The van der Waals surface area contributed by atoms with E-state index in [1.807, 2.05) is 0 Å². The lowest BCUT2D eigenvalue weighted by Crippen LogP contribution is -2.32. The first kappa shape index (κ1) is 15.9. The third-order valence-electron chi connectivity index (χ3n) is 3.92. The predicted octanol–water partition coefficient (Wildman–Crippen LogP) is 1.70. The Balaban J connectivity index is 1.35. The van der Waals surface area contributed by atoms with Crippen molar-refractivity contribution in [1.82, 2.24) is 15.3 Å². The van der Waals surface area contributed by atoms with Gasteiger partial charge in [0.05, 0.1) is 23.9 Å². The average Bonchev–Trinajstić information content (AvgIpc) is 3.14. The van der Waals surface area contributed by atoms with Crippen molar-refractivity contribution in [3.63, 3.8) is 0 Å². The molecule has 0 atom stereocenters. The summed E-state index contributed by atoms with van der Waals surface area (Å²) in [6, 6.07) is 10.3. The van der Waals surface area contributed by atoms with E-state index < -0.39 is 0 Å². The van der Waals surface area contributed by atoms with Crippen LogP contribution in [0.4, 0.5) is 5.69 Å². The summed E-state index contributed by atoms with van der Waals surface area (Å²) in [6.45, 7) is 0.838. The third-order valence-corrected chi connectivity index (χ3v) is 3.92. The molecule has 0 unspecified atom stereocenters. The Morgan fingerprint density at radius 1 is 1.08 bits per heavy atom. The summed E-state index contributed by atoms with van der Waals surface area (Å²) >= 11 is 0. The second-order valence-corrected chi connectivity index (χ2v) is 5.72. The van der Waals surface area contributed by atoms with Crippen LogP contribution in [0.5, 0.6) is 11.5 Å². The number of hydrogen-bond acceptors (Lipinski definition) is 5. The molecule has 8 nitrogen and oxygen atoms in total. The quantitative estimate of drug-likeness (QED) is 0.663. The van der Waals surface area contributed by atoms with Gasteiger partial charge in [-0.3, -0.25) is 9.59 Å². The van der Waals surface area contributed by atoms with Crippen LogP contribution in [0.2, 0.25) is 0 Å². The molecule has 2 aromatic carbocycles. The van der Waals surface area contributed by atoms with Gasteiger partial charge >= 0.3 is 0 Å². The van der Waals surface area contributed by atoms with Crippen molar-refractivity contribution < 1.29 is 19.1 Å². The summed E-state index contributed by atoms with van der Waals surface area (Å²) in [4.78, 5) is 31.3. The summed E-state index contributed by atoms with van der Waals surface area (Å²) in [5, 5.41) is 5.32. The van der Waals surface area contributed by atoms with Crippen LogP contribution >= 0.6 is 0 Å². The van der Waals surface area contributed by atoms with Gasteiger partial charge in [0, 0.05) is 17.3 Å². The summed E-state index contributed by atoms with van der Waals surface area (Å²) in [5.74, 6) is 0.569. The molecule has 132 valence electrons. The van der Waals surface area contributed by atoms with E-state index in [9.17, 15) is 9.59 Å². The standard InChI is InChI=1S/C18H16N4O4/c23-17(22-12-2-4-15-16(8-12)26-6-5-25-15)9-19-18(24)11-1-3-13-14(7-11)21-10-20-13/h1-4,7-8,10H,5-6,9H2,(H,19,24)(H,20,21)(H,22,23). The number of imidazole rings is 1. The normalized spacial score (nSPS) is 12.6. The van der Waals surface area contributed by atoms with Crippen molar-refractivity contribution in [2.45, 2.75) is 0 Å². The second-order valence-electron chi connectivity index (χ2n) is 5.72. The zero-order valence-corrected chi connectivity index (χ0v) is 13.7. The topological polar surface area (TPSA) is 105 Å². The van der Waals surface area contributed by atoms with E-state index in [1.165, 1.54) is 0 Å². The fraction of sp³-hybridized carbons (Fsp3) is 0.167. The lowest BCUT2D eigenvalue weighted by atomic mass is 10.2. The summed E-state index contributed by atoms with van der Waals surface area (Å²) < 4.78 is 10.9. The van der Waals surface area contributed by atoms with Gasteiger partial charge in [-0.2, -0.15) is 0 Å². The number of benzene rings is 2. The molecule has 1 aliphatic rings. The molecular formula is C18H16N4O4. The molecule has 0 fully saturated rings. The molecule has 0 bridgehead atoms. The molecule has 2 heterocycles. The summed E-state index contributed by atoms with van der Waals surface area (Å²) in [6.07, 6.45) is 1.56. The molecule has 3 aromatic rings. The zero-order chi connectivity index (χ0) is 17.9. The maximum atomic E-state index is 12.2.